The van der Waals surface area contributed by atoms with E-state index in [1.165, 1.54) is 82.4 Å². The Morgan fingerprint density at radius 1 is 0.446 bits per heavy atom. The molecule has 0 amide bonds. The van der Waals surface area contributed by atoms with Gasteiger partial charge in [-0.05, 0) is 106 Å². The molecule has 0 saturated heterocycles. The van der Waals surface area contributed by atoms with Gasteiger partial charge in [-0.2, -0.15) is 11.1 Å². The van der Waals surface area contributed by atoms with Gasteiger partial charge >= 0.3 is 21.7 Å². The average molecular weight is 846 g/mol. The van der Waals surface area contributed by atoms with E-state index >= 15 is 0 Å². The number of halogens is 3. The quantitative estimate of drug-likeness (QED) is 0.112. The minimum absolute atomic E-state index is 0. The number of rotatable bonds is 10. The first-order chi connectivity index (χ1) is 25.1. The first-order valence-electron chi connectivity index (χ1n) is 18.8. The Labute approximate surface area is 371 Å². The molecule has 7 rings (SSSR count). The summed E-state index contributed by atoms with van der Waals surface area (Å²) in [6.45, 7) is 16.4. The molecule has 56 heavy (non-hydrogen) atoms. The standard InChI is InChI=1S/C51H51Si.3ClH.Ti/c1-36-29-48(26-23-45(36)32-42-17-11-8-12-18-42)52(51(7)35-39(4)40(5)41(51)6,49-27-24-46(37(2)30-49)33-43-19-13-9-14-20-43)50-28-25-47(38(3)31-50)34-44-21-15-10-16-22-44;;;;/h8-31H,32-34H2,1-7H3;3*1H;/q-1;;;;+4/p-3. The van der Waals surface area contributed by atoms with E-state index in [0.717, 1.165) is 19.3 Å². The Morgan fingerprint density at radius 3 is 1.00 bits per heavy atom. The summed E-state index contributed by atoms with van der Waals surface area (Å²) in [5.74, 6) is 0. The first-order valence-corrected chi connectivity index (χ1v) is 20.8. The summed E-state index contributed by atoms with van der Waals surface area (Å²) < 4.78 is 0. The predicted molar refractivity (Wildman–Crippen MR) is 225 cm³/mol. The SMILES string of the molecule is CC1=[C-]C(C)([Si](c2ccc(Cc3ccccc3)c(C)c2)(c2ccc(Cc3ccccc3)c(C)c2)c2ccc(Cc3ccccc3)c(C)c2)C(C)=C1C.[Cl-].[Cl-].[Cl-].[Ti+4]. The monoisotopic (exact) mass is 844 g/mol. The van der Waals surface area contributed by atoms with Crippen molar-refractivity contribution in [1.29, 1.82) is 0 Å². The fourth-order valence-electron chi connectivity index (χ4n) is 8.79. The molecule has 0 aliphatic heterocycles. The molecule has 0 fully saturated rings. The molecule has 284 valence electrons. The zero-order chi connectivity index (χ0) is 36.5. The van der Waals surface area contributed by atoms with Crippen LogP contribution in [0.1, 0.15) is 77.8 Å². The van der Waals surface area contributed by atoms with Crippen LogP contribution in [0.3, 0.4) is 0 Å². The zero-order valence-corrected chi connectivity index (χ0v) is 38.4. The van der Waals surface area contributed by atoms with Crippen LogP contribution in [0.4, 0.5) is 0 Å². The van der Waals surface area contributed by atoms with Gasteiger partial charge in [0.15, 0.2) is 0 Å². The summed E-state index contributed by atoms with van der Waals surface area (Å²) in [5, 5.41) is 4.05. The van der Waals surface area contributed by atoms with Gasteiger partial charge in [-0.25, -0.2) is 5.57 Å². The molecule has 0 radical (unpaired) electrons. The van der Waals surface area contributed by atoms with E-state index in [1.807, 2.05) is 0 Å². The van der Waals surface area contributed by atoms with Crippen molar-refractivity contribution >= 4 is 23.6 Å². The van der Waals surface area contributed by atoms with Gasteiger partial charge in [-0.3, -0.25) is 6.08 Å². The predicted octanol–water partition coefficient (Wildman–Crippen LogP) is 1.72. The molecule has 6 aromatic carbocycles. The van der Waals surface area contributed by atoms with Gasteiger partial charge in [-0.15, -0.1) is 6.92 Å². The third-order valence-corrected chi connectivity index (χ3v) is 17.6. The van der Waals surface area contributed by atoms with Crippen LogP contribution in [-0.2, 0) is 41.0 Å². The van der Waals surface area contributed by atoms with E-state index in [-0.39, 0.29) is 64.0 Å². The Balaban J connectivity index is 0.00000210. The van der Waals surface area contributed by atoms with Crippen molar-refractivity contribution in [3.63, 3.8) is 0 Å². The molecule has 0 saturated carbocycles. The second-order valence-electron chi connectivity index (χ2n) is 15.3. The molecule has 0 bridgehead atoms. The van der Waals surface area contributed by atoms with Crippen molar-refractivity contribution in [3.05, 3.63) is 218 Å². The average Bonchev–Trinajstić information content (AvgIpc) is 3.35. The Bertz CT molecular complexity index is 2080. The summed E-state index contributed by atoms with van der Waals surface area (Å²) >= 11 is 0. The van der Waals surface area contributed by atoms with Gasteiger partial charge in [0.1, 0.15) is 8.07 Å². The maximum Gasteiger partial charge on any atom is 4.00 e. The van der Waals surface area contributed by atoms with Crippen molar-refractivity contribution in [1.82, 2.24) is 0 Å². The van der Waals surface area contributed by atoms with Crippen molar-refractivity contribution in [2.24, 2.45) is 0 Å². The van der Waals surface area contributed by atoms with E-state index in [4.69, 9.17) is 0 Å². The van der Waals surface area contributed by atoms with Crippen molar-refractivity contribution in [2.45, 2.75) is 72.8 Å². The molecular formula is C51H51Cl3SiTi. The second-order valence-corrected chi connectivity index (χ2v) is 19.5. The molecule has 6 aromatic rings. The largest absolute Gasteiger partial charge is 4.00 e. The maximum absolute atomic E-state index is 4.19. The number of benzene rings is 6. The van der Waals surface area contributed by atoms with Crippen LogP contribution in [0.5, 0.6) is 0 Å². The summed E-state index contributed by atoms with van der Waals surface area (Å²) in [6, 6.07) is 55.0. The summed E-state index contributed by atoms with van der Waals surface area (Å²) in [4.78, 5) is 0. The molecular weight excluding hydrogens is 795 g/mol. The molecule has 0 spiro atoms. The molecule has 1 aliphatic rings. The minimum Gasteiger partial charge on any atom is -1.00 e. The van der Waals surface area contributed by atoms with Gasteiger partial charge in [0.25, 0.3) is 0 Å². The van der Waals surface area contributed by atoms with E-state index in [2.05, 4.69) is 200 Å². The molecule has 0 N–H and O–H groups in total. The number of allylic oxidation sites excluding steroid dienone is 4. The number of hydrogen-bond donors (Lipinski definition) is 0. The zero-order valence-electron chi connectivity index (χ0n) is 33.6. The van der Waals surface area contributed by atoms with Crippen molar-refractivity contribution < 1.29 is 58.9 Å². The topological polar surface area (TPSA) is 0 Å². The van der Waals surface area contributed by atoms with Crippen LogP contribution in [0, 0.1) is 26.8 Å². The molecule has 1 unspecified atom stereocenters. The second kappa shape index (κ2) is 19.8. The van der Waals surface area contributed by atoms with E-state index in [1.54, 1.807) is 0 Å². The molecule has 5 heteroatoms. The molecule has 0 aromatic heterocycles. The van der Waals surface area contributed by atoms with Crippen molar-refractivity contribution in [2.75, 3.05) is 0 Å². The van der Waals surface area contributed by atoms with Crippen molar-refractivity contribution in [3.8, 4) is 0 Å². The molecule has 0 nitrogen and oxygen atoms in total. The number of aryl methyl sites for hydroxylation is 3. The Hall–Kier alpha value is -3.40. The van der Waals surface area contributed by atoms with Crippen LogP contribution in [-0.4, -0.2) is 8.07 Å². The van der Waals surface area contributed by atoms with Gasteiger partial charge in [0.2, 0.25) is 0 Å². The normalized spacial score (nSPS) is 14.8. The smallest absolute Gasteiger partial charge is 1.00 e. The maximum atomic E-state index is 4.19. The van der Waals surface area contributed by atoms with Crippen LogP contribution < -0.4 is 52.8 Å². The summed E-state index contributed by atoms with van der Waals surface area (Å²) in [6.07, 6.45) is 6.99. The van der Waals surface area contributed by atoms with Crippen LogP contribution in [0.2, 0.25) is 5.04 Å². The first kappa shape index (κ1) is 47.0. The minimum atomic E-state index is -2.89. The summed E-state index contributed by atoms with van der Waals surface area (Å²) in [7, 11) is -2.89. The van der Waals surface area contributed by atoms with Gasteiger partial charge in [0.05, 0.1) is 0 Å². The Kier molecular flexibility index (Phi) is 16.6. The van der Waals surface area contributed by atoms with Crippen LogP contribution >= 0.6 is 0 Å². The van der Waals surface area contributed by atoms with Crippen LogP contribution in [0.25, 0.3) is 0 Å². The number of hydrogen-bond acceptors (Lipinski definition) is 0. The van der Waals surface area contributed by atoms with Gasteiger partial charge < -0.3 is 37.2 Å². The van der Waals surface area contributed by atoms with Gasteiger partial charge in [-0.1, -0.05) is 171 Å². The van der Waals surface area contributed by atoms with Gasteiger partial charge in [0, 0.05) is 0 Å². The third kappa shape index (κ3) is 9.00. The van der Waals surface area contributed by atoms with E-state index in [9.17, 15) is 0 Å². The van der Waals surface area contributed by atoms with Crippen LogP contribution in [0.15, 0.2) is 162 Å². The van der Waals surface area contributed by atoms with E-state index < -0.39 is 8.07 Å². The summed E-state index contributed by atoms with van der Waals surface area (Å²) in [5.41, 5.74) is 16.4. The third-order valence-electron chi connectivity index (χ3n) is 12.1. The Morgan fingerprint density at radius 2 is 0.750 bits per heavy atom. The fraction of sp³-hybridized carbons (Fsp3) is 0.216. The van der Waals surface area contributed by atoms with E-state index in [0.29, 0.717) is 0 Å². The molecule has 1 atom stereocenters. The fourth-order valence-corrected chi connectivity index (χ4v) is 14.9. The molecule has 0 heterocycles. The molecule has 1 aliphatic carbocycles.